The predicted molar refractivity (Wildman–Crippen MR) is 116 cm³/mol. The Morgan fingerprint density at radius 3 is 2.77 bits per heavy atom. The van der Waals surface area contributed by atoms with Gasteiger partial charge in [0.2, 0.25) is 0 Å². The van der Waals surface area contributed by atoms with Gasteiger partial charge in [0.1, 0.15) is 29.6 Å². The lowest BCUT2D eigenvalue weighted by molar-refractivity contribution is 0.0281. The van der Waals surface area contributed by atoms with E-state index in [0.717, 1.165) is 42.7 Å². The average Bonchev–Trinajstić information content (AvgIpc) is 3.31. The van der Waals surface area contributed by atoms with Gasteiger partial charge >= 0.3 is 5.63 Å². The fourth-order valence-corrected chi connectivity index (χ4v) is 4.34. The van der Waals surface area contributed by atoms with Crippen LogP contribution in [0.1, 0.15) is 18.4 Å². The molecule has 1 atom stereocenters. The second-order valence-corrected chi connectivity index (χ2v) is 7.89. The lowest BCUT2D eigenvalue weighted by Crippen LogP contribution is -2.37. The molecule has 0 saturated carbocycles. The van der Waals surface area contributed by atoms with E-state index >= 15 is 0 Å². The van der Waals surface area contributed by atoms with Crippen molar-refractivity contribution in [3.63, 3.8) is 0 Å². The smallest absolute Gasteiger partial charge is 0.344 e. The van der Waals surface area contributed by atoms with Crippen LogP contribution in [0.15, 0.2) is 45.6 Å². The summed E-state index contributed by atoms with van der Waals surface area (Å²) in [5.74, 6) is 1.97. The molecule has 7 nitrogen and oxygen atoms in total. The molecule has 0 bridgehead atoms. The fraction of sp³-hybridized carbons (Fsp3) is 0.375. The van der Waals surface area contributed by atoms with Crippen molar-refractivity contribution in [3.8, 4) is 28.4 Å². The number of rotatable bonds is 5. The molecule has 2 aliphatic heterocycles. The largest absolute Gasteiger partial charge is 0.497 e. The Balaban J connectivity index is 1.53. The number of methoxy groups -OCH3 is 2. The molecule has 3 aromatic rings. The predicted octanol–water partition coefficient (Wildman–Crippen LogP) is 3.81. The van der Waals surface area contributed by atoms with Crippen LogP contribution in [0, 0.1) is 0 Å². The maximum absolute atomic E-state index is 13.0. The molecule has 0 amide bonds. The molecule has 1 fully saturated rings. The molecule has 0 N–H and O–H groups in total. The summed E-state index contributed by atoms with van der Waals surface area (Å²) in [7, 11) is 3.16. The molecule has 7 heteroatoms. The van der Waals surface area contributed by atoms with E-state index in [1.165, 1.54) is 0 Å². The minimum absolute atomic E-state index is 0.237. The van der Waals surface area contributed by atoms with E-state index in [9.17, 15) is 4.79 Å². The van der Waals surface area contributed by atoms with Crippen LogP contribution in [-0.2, 0) is 11.3 Å². The van der Waals surface area contributed by atoms with Gasteiger partial charge in [-0.1, -0.05) is 0 Å². The average molecular weight is 423 g/mol. The molecule has 0 unspecified atom stereocenters. The Morgan fingerprint density at radius 2 is 2.00 bits per heavy atom. The van der Waals surface area contributed by atoms with Gasteiger partial charge in [-0.05, 0) is 43.2 Å². The molecule has 2 aliphatic rings. The van der Waals surface area contributed by atoms with Gasteiger partial charge in [0, 0.05) is 36.7 Å². The van der Waals surface area contributed by atoms with Crippen LogP contribution in [0.25, 0.3) is 22.1 Å². The maximum atomic E-state index is 13.0. The van der Waals surface area contributed by atoms with Crippen molar-refractivity contribution < 1.29 is 23.4 Å². The number of benzene rings is 2. The summed E-state index contributed by atoms with van der Waals surface area (Å²) in [4.78, 5) is 15.2. The lowest BCUT2D eigenvalue weighted by atomic mass is 10.0. The van der Waals surface area contributed by atoms with Crippen LogP contribution in [-0.4, -0.2) is 45.1 Å². The highest BCUT2D eigenvalue weighted by atomic mass is 16.5. The molecule has 31 heavy (non-hydrogen) atoms. The van der Waals surface area contributed by atoms with Gasteiger partial charge in [0.15, 0.2) is 0 Å². The summed E-state index contributed by atoms with van der Waals surface area (Å²) in [5, 5.41) is 0.841. The van der Waals surface area contributed by atoms with Crippen molar-refractivity contribution in [2.75, 3.05) is 34.1 Å². The van der Waals surface area contributed by atoms with E-state index in [-0.39, 0.29) is 6.10 Å². The summed E-state index contributed by atoms with van der Waals surface area (Å²) in [6.07, 6.45) is 2.41. The Kier molecular flexibility index (Phi) is 5.29. The Morgan fingerprint density at radius 1 is 1.10 bits per heavy atom. The Bertz CT molecular complexity index is 1160. The molecular formula is C24H25NO6. The highest BCUT2D eigenvalue weighted by Crippen LogP contribution is 2.36. The Hall–Kier alpha value is -3.03. The molecule has 0 radical (unpaired) electrons. The van der Waals surface area contributed by atoms with E-state index in [0.29, 0.717) is 41.5 Å². The monoisotopic (exact) mass is 423 g/mol. The lowest BCUT2D eigenvalue weighted by Gasteiger charge is -2.30. The standard InChI is InChI=1S/C24H25NO6/c1-27-16-6-7-18(22(11-16)28-2)19-10-15-5-8-21-20(23(15)31-24(19)26)13-25(14-30-21)12-17-4-3-9-29-17/h5-8,10-11,17H,3-4,9,12-14H2,1-2H3/t17-/m1/s1. The van der Waals surface area contributed by atoms with Gasteiger partial charge in [-0.2, -0.15) is 0 Å². The quantitative estimate of drug-likeness (QED) is 0.578. The van der Waals surface area contributed by atoms with Gasteiger partial charge in [-0.25, -0.2) is 4.79 Å². The number of ether oxygens (including phenoxy) is 4. The van der Waals surface area contributed by atoms with Crippen molar-refractivity contribution in [2.24, 2.45) is 0 Å². The SMILES string of the molecule is COc1ccc(-c2cc3ccc4c(c3oc2=O)CN(C[C@H]2CCCO2)CO4)c(OC)c1. The summed E-state index contributed by atoms with van der Waals surface area (Å²) in [6, 6.07) is 11.1. The first-order valence-electron chi connectivity index (χ1n) is 10.4. The third kappa shape index (κ3) is 3.75. The Labute approximate surface area is 180 Å². The summed E-state index contributed by atoms with van der Waals surface area (Å²) in [5.41, 5.74) is 2.15. The first-order valence-corrected chi connectivity index (χ1v) is 10.4. The van der Waals surface area contributed by atoms with Gasteiger partial charge < -0.3 is 23.4 Å². The van der Waals surface area contributed by atoms with Gasteiger partial charge in [-0.15, -0.1) is 0 Å². The third-order valence-corrected chi connectivity index (χ3v) is 5.93. The first kappa shape index (κ1) is 19.9. The molecule has 5 rings (SSSR count). The summed E-state index contributed by atoms with van der Waals surface area (Å²) in [6.45, 7) is 2.79. The normalized spacial score (nSPS) is 18.6. The zero-order valence-corrected chi connectivity index (χ0v) is 17.7. The van der Waals surface area contributed by atoms with Gasteiger partial charge in [0.25, 0.3) is 0 Å². The first-order chi connectivity index (χ1) is 15.2. The highest BCUT2D eigenvalue weighted by molar-refractivity contribution is 5.87. The highest BCUT2D eigenvalue weighted by Gasteiger charge is 2.26. The van der Waals surface area contributed by atoms with Crippen molar-refractivity contribution in [2.45, 2.75) is 25.5 Å². The van der Waals surface area contributed by atoms with E-state index in [2.05, 4.69) is 4.90 Å². The zero-order valence-electron chi connectivity index (χ0n) is 17.7. The number of fused-ring (bicyclic) bond motifs is 3. The van der Waals surface area contributed by atoms with Gasteiger partial charge in [-0.3, -0.25) is 4.90 Å². The number of hydrogen-bond donors (Lipinski definition) is 0. The van der Waals surface area contributed by atoms with E-state index in [4.69, 9.17) is 23.4 Å². The van der Waals surface area contributed by atoms with Crippen molar-refractivity contribution in [1.82, 2.24) is 4.90 Å². The number of hydrogen-bond acceptors (Lipinski definition) is 7. The van der Waals surface area contributed by atoms with Crippen LogP contribution in [0.2, 0.25) is 0 Å². The van der Waals surface area contributed by atoms with Gasteiger partial charge in [0.05, 0.1) is 31.5 Å². The minimum Gasteiger partial charge on any atom is -0.497 e. The van der Waals surface area contributed by atoms with Crippen LogP contribution in [0.4, 0.5) is 0 Å². The van der Waals surface area contributed by atoms with E-state index in [1.807, 2.05) is 18.2 Å². The minimum atomic E-state index is -0.416. The molecule has 162 valence electrons. The maximum Gasteiger partial charge on any atom is 0.344 e. The zero-order chi connectivity index (χ0) is 21.4. The van der Waals surface area contributed by atoms with Crippen molar-refractivity contribution in [1.29, 1.82) is 0 Å². The van der Waals surface area contributed by atoms with Crippen molar-refractivity contribution >= 4 is 11.0 Å². The molecule has 1 saturated heterocycles. The molecule has 0 aliphatic carbocycles. The van der Waals surface area contributed by atoms with E-state index < -0.39 is 5.63 Å². The molecule has 1 aromatic heterocycles. The van der Waals surface area contributed by atoms with E-state index in [1.54, 1.807) is 32.4 Å². The van der Waals surface area contributed by atoms with Crippen molar-refractivity contribution in [3.05, 3.63) is 52.4 Å². The second-order valence-electron chi connectivity index (χ2n) is 7.89. The molecule has 3 heterocycles. The molecular weight excluding hydrogens is 398 g/mol. The fourth-order valence-electron chi connectivity index (χ4n) is 4.34. The summed E-state index contributed by atoms with van der Waals surface area (Å²) < 4.78 is 28.3. The summed E-state index contributed by atoms with van der Waals surface area (Å²) >= 11 is 0. The van der Waals surface area contributed by atoms with Crippen LogP contribution in [0.5, 0.6) is 17.2 Å². The van der Waals surface area contributed by atoms with Crippen LogP contribution < -0.4 is 19.8 Å². The topological polar surface area (TPSA) is 70.4 Å². The third-order valence-electron chi connectivity index (χ3n) is 5.93. The number of nitrogens with zero attached hydrogens (tertiary/aromatic N) is 1. The second kappa shape index (κ2) is 8.24. The van der Waals surface area contributed by atoms with Crippen LogP contribution in [0.3, 0.4) is 0 Å². The van der Waals surface area contributed by atoms with Crippen LogP contribution >= 0.6 is 0 Å². The molecule has 0 spiro atoms. The molecule has 2 aromatic carbocycles.